The average molecular weight is 388 g/mol. The number of nitrogen functional groups attached to an aromatic ring is 1. The predicted molar refractivity (Wildman–Crippen MR) is 111 cm³/mol. The zero-order valence-electron chi connectivity index (χ0n) is 16.6. The van der Waals surface area contributed by atoms with E-state index < -0.39 is 0 Å². The third-order valence-corrected chi connectivity index (χ3v) is 6.29. The van der Waals surface area contributed by atoms with Gasteiger partial charge < -0.3 is 11.2 Å². The minimum atomic E-state index is -0.323. The van der Waals surface area contributed by atoms with Crippen LogP contribution < -0.4 is 11.2 Å². The third kappa shape index (κ3) is 4.46. The van der Waals surface area contributed by atoms with Crippen molar-refractivity contribution in [3.8, 4) is 0 Å². The fraction of sp³-hybridized carbons (Fsp3) is 0.550. The fourth-order valence-electron chi connectivity index (χ4n) is 3.82. The number of amides is 1. The Morgan fingerprint density at radius 1 is 1.19 bits per heavy atom. The molecule has 2 aromatic rings. The van der Waals surface area contributed by atoms with E-state index >= 15 is 0 Å². The van der Waals surface area contributed by atoms with Gasteiger partial charge in [-0.3, -0.25) is 4.79 Å². The van der Waals surface area contributed by atoms with Crippen molar-refractivity contribution in [1.29, 1.82) is 0 Å². The van der Waals surface area contributed by atoms with Crippen molar-refractivity contribution >= 4 is 23.4 Å². The summed E-state index contributed by atoms with van der Waals surface area (Å²) in [7, 11) is 0. The summed E-state index contributed by atoms with van der Waals surface area (Å²) in [6, 6.07) is 4.15. The summed E-state index contributed by atoms with van der Waals surface area (Å²) in [5, 5.41) is 11.9. The minimum absolute atomic E-state index is 0.0581. The smallest absolute Gasteiger partial charge is 0.237 e. The maximum atomic E-state index is 12.7. The number of thioether (sulfide) groups is 1. The number of nitrogens with two attached hydrogens (primary N) is 1. The van der Waals surface area contributed by atoms with Crippen LogP contribution >= 0.6 is 11.8 Å². The van der Waals surface area contributed by atoms with Gasteiger partial charge in [0, 0.05) is 11.6 Å². The third-order valence-electron chi connectivity index (χ3n) is 5.24. The number of carbonyl (C=O) groups is 1. The Labute approximate surface area is 165 Å². The minimum Gasteiger partial charge on any atom is -0.336 e. The number of carbonyl (C=O) groups excluding carboxylic acids is 1. The second kappa shape index (κ2) is 8.33. The topological polar surface area (TPSA) is 85.8 Å². The number of aryl methyl sites for hydroxylation is 3. The summed E-state index contributed by atoms with van der Waals surface area (Å²) in [6.07, 6.45) is 5.94. The van der Waals surface area contributed by atoms with Crippen molar-refractivity contribution in [2.75, 3.05) is 11.2 Å². The first-order chi connectivity index (χ1) is 12.9. The molecule has 0 radical (unpaired) electrons. The highest BCUT2D eigenvalue weighted by molar-refractivity contribution is 8.00. The van der Waals surface area contributed by atoms with Crippen molar-refractivity contribution in [2.45, 2.75) is 76.1 Å². The van der Waals surface area contributed by atoms with Gasteiger partial charge in [0.25, 0.3) is 0 Å². The van der Waals surface area contributed by atoms with Crippen LogP contribution in [0.25, 0.3) is 0 Å². The Kier molecular flexibility index (Phi) is 6.09. The number of hydrogen-bond donors (Lipinski definition) is 2. The molecule has 0 spiro atoms. The lowest BCUT2D eigenvalue weighted by atomic mass is 9.89. The van der Waals surface area contributed by atoms with Gasteiger partial charge in [-0.2, -0.15) is 0 Å². The van der Waals surface area contributed by atoms with E-state index in [2.05, 4.69) is 34.6 Å². The SMILES string of the molecule is Cc1cc(C)c(NC(=O)[C@@H](C)Sc2nnc(C3CCCCC3)n2N)c(C)c1. The maximum absolute atomic E-state index is 12.7. The van der Waals surface area contributed by atoms with Gasteiger partial charge in [0.05, 0.1) is 5.25 Å². The molecule has 146 valence electrons. The van der Waals surface area contributed by atoms with Gasteiger partial charge in [0.1, 0.15) is 0 Å². The Bertz CT molecular complexity index is 803. The molecule has 0 bridgehead atoms. The molecule has 1 aliphatic rings. The molecular formula is C20H29N5OS. The fourth-order valence-corrected chi connectivity index (χ4v) is 4.60. The zero-order chi connectivity index (χ0) is 19.6. The number of nitrogens with one attached hydrogen (secondary N) is 1. The van der Waals surface area contributed by atoms with Crippen molar-refractivity contribution in [3.63, 3.8) is 0 Å². The van der Waals surface area contributed by atoms with E-state index in [0.29, 0.717) is 11.1 Å². The molecule has 3 rings (SSSR count). The molecule has 1 fully saturated rings. The lowest BCUT2D eigenvalue weighted by Crippen LogP contribution is -2.25. The molecule has 1 atom stereocenters. The Morgan fingerprint density at radius 3 is 2.44 bits per heavy atom. The highest BCUT2D eigenvalue weighted by Crippen LogP contribution is 2.33. The molecule has 1 heterocycles. The quantitative estimate of drug-likeness (QED) is 0.596. The normalized spacial score (nSPS) is 16.3. The van der Waals surface area contributed by atoms with Crippen molar-refractivity contribution in [1.82, 2.24) is 14.9 Å². The van der Waals surface area contributed by atoms with E-state index in [0.717, 1.165) is 35.5 Å². The largest absolute Gasteiger partial charge is 0.336 e. The molecule has 6 nitrogen and oxygen atoms in total. The summed E-state index contributed by atoms with van der Waals surface area (Å²) < 4.78 is 1.58. The summed E-state index contributed by atoms with van der Waals surface area (Å²) in [4.78, 5) is 12.7. The summed E-state index contributed by atoms with van der Waals surface area (Å²) >= 11 is 1.35. The van der Waals surface area contributed by atoms with Gasteiger partial charge >= 0.3 is 0 Å². The van der Waals surface area contributed by atoms with E-state index in [-0.39, 0.29) is 11.2 Å². The number of hydrogen-bond acceptors (Lipinski definition) is 5. The molecular weight excluding hydrogens is 358 g/mol. The molecule has 0 unspecified atom stereocenters. The maximum Gasteiger partial charge on any atom is 0.237 e. The van der Waals surface area contributed by atoms with Crippen LogP contribution in [0.5, 0.6) is 0 Å². The van der Waals surface area contributed by atoms with Gasteiger partial charge in [-0.1, -0.05) is 48.7 Å². The van der Waals surface area contributed by atoms with Crippen molar-refractivity contribution in [2.24, 2.45) is 0 Å². The average Bonchev–Trinajstić information content (AvgIpc) is 2.99. The van der Waals surface area contributed by atoms with Crippen LogP contribution in [-0.4, -0.2) is 26.0 Å². The molecule has 7 heteroatoms. The van der Waals surface area contributed by atoms with Gasteiger partial charge in [-0.25, -0.2) is 4.68 Å². The first-order valence-corrected chi connectivity index (χ1v) is 10.5. The van der Waals surface area contributed by atoms with Crippen LogP contribution in [0.2, 0.25) is 0 Å². The summed E-state index contributed by atoms with van der Waals surface area (Å²) in [5.74, 6) is 7.41. The molecule has 1 amide bonds. The number of nitrogens with zero attached hydrogens (tertiary/aromatic N) is 3. The zero-order valence-corrected chi connectivity index (χ0v) is 17.4. The van der Waals surface area contributed by atoms with E-state index in [1.54, 1.807) is 4.68 Å². The van der Waals surface area contributed by atoms with Gasteiger partial charge in [-0.05, 0) is 51.7 Å². The first-order valence-electron chi connectivity index (χ1n) is 9.62. The number of rotatable bonds is 5. The van der Waals surface area contributed by atoms with Crippen LogP contribution in [0.4, 0.5) is 5.69 Å². The number of benzene rings is 1. The molecule has 1 aromatic heterocycles. The highest BCUT2D eigenvalue weighted by Gasteiger charge is 2.25. The molecule has 0 aliphatic heterocycles. The monoisotopic (exact) mass is 387 g/mol. The first kappa shape index (κ1) is 19.7. The lowest BCUT2D eigenvalue weighted by Gasteiger charge is -2.20. The molecule has 1 saturated carbocycles. The van der Waals surface area contributed by atoms with Crippen molar-refractivity contribution in [3.05, 3.63) is 34.6 Å². The standard InChI is InChI=1S/C20H29N5OS/c1-12-10-13(2)17(14(3)11-12)22-19(26)15(4)27-20-24-23-18(25(20)21)16-8-6-5-7-9-16/h10-11,15-16H,5-9,21H2,1-4H3,(H,22,26)/t15-/m1/s1. The Morgan fingerprint density at radius 2 is 1.81 bits per heavy atom. The number of aromatic nitrogens is 3. The predicted octanol–water partition coefficient (Wildman–Crippen LogP) is 4.08. The van der Waals surface area contributed by atoms with E-state index in [1.807, 2.05) is 20.8 Å². The van der Waals surface area contributed by atoms with Crippen LogP contribution in [0.1, 0.15) is 67.5 Å². The van der Waals surface area contributed by atoms with E-state index in [4.69, 9.17) is 5.84 Å². The van der Waals surface area contributed by atoms with Crippen LogP contribution in [0.15, 0.2) is 17.3 Å². The molecule has 27 heavy (non-hydrogen) atoms. The van der Waals surface area contributed by atoms with Crippen LogP contribution in [-0.2, 0) is 4.79 Å². The van der Waals surface area contributed by atoms with Crippen LogP contribution in [0.3, 0.4) is 0 Å². The number of anilines is 1. The summed E-state index contributed by atoms with van der Waals surface area (Å²) in [5.41, 5.74) is 4.21. The highest BCUT2D eigenvalue weighted by atomic mass is 32.2. The summed E-state index contributed by atoms with van der Waals surface area (Å²) in [6.45, 7) is 7.95. The lowest BCUT2D eigenvalue weighted by molar-refractivity contribution is -0.115. The second-order valence-corrected chi connectivity index (χ2v) is 8.88. The molecule has 0 saturated heterocycles. The van der Waals surface area contributed by atoms with Gasteiger partial charge in [0.2, 0.25) is 11.1 Å². The second-order valence-electron chi connectivity index (χ2n) is 7.57. The van der Waals surface area contributed by atoms with Gasteiger partial charge in [0.15, 0.2) is 5.82 Å². The molecule has 1 aliphatic carbocycles. The van der Waals surface area contributed by atoms with Gasteiger partial charge in [-0.15, -0.1) is 10.2 Å². The van der Waals surface area contributed by atoms with Crippen molar-refractivity contribution < 1.29 is 4.79 Å². The van der Waals surface area contributed by atoms with E-state index in [9.17, 15) is 4.79 Å². The van der Waals surface area contributed by atoms with E-state index in [1.165, 1.54) is 36.6 Å². The Balaban J connectivity index is 1.67. The van der Waals surface area contributed by atoms with Crippen LogP contribution in [0, 0.1) is 20.8 Å². The molecule has 3 N–H and O–H groups in total. The molecule has 1 aromatic carbocycles. The Hall–Kier alpha value is -2.02.